The molecule has 0 amide bonds. The van der Waals surface area contributed by atoms with Crippen molar-refractivity contribution in [2.75, 3.05) is 7.11 Å². The smallest absolute Gasteiger partial charge is 0.343 e. The molecule has 2 atom stereocenters. The topological polar surface area (TPSA) is 83.8 Å². The summed E-state index contributed by atoms with van der Waals surface area (Å²) in [7, 11) is 1.09. The SMILES string of the molecule is COC(=O)C1(O)C=CC=CC1C(=O)O. The van der Waals surface area contributed by atoms with Crippen molar-refractivity contribution < 1.29 is 24.5 Å². The fraction of sp³-hybridized carbons (Fsp3) is 0.333. The largest absolute Gasteiger partial charge is 0.481 e. The maximum Gasteiger partial charge on any atom is 0.343 e. The molecule has 0 saturated carbocycles. The highest BCUT2D eigenvalue weighted by atomic mass is 16.5. The predicted octanol–water partition coefficient (Wildman–Crippen LogP) is -0.283. The van der Waals surface area contributed by atoms with Gasteiger partial charge in [-0.3, -0.25) is 4.79 Å². The fourth-order valence-corrected chi connectivity index (χ4v) is 1.26. The molecule has 5 heteroatoms. The normalized spacial score (nSPS) is 30.0. The van der Waals surface area contributed by atoms with Gasteiger partial charge in [0.15, 0.2) is 5.60 Å². The summed E-state index contributed by atoms with van der Waals surface area (Å²) >= 11 is 0. The number of carbonyl (C=O) groups is 2. The molecule has 1 aliphatic rings. The molecule has 0 aliphatic heterocycles. The van der Waals surface area contributed by atoms with Gasteiger partial charge in [-0.05, 0) is 6.08 Å². The van der Waals surface area contributed by atoms with Crippen molar-refractivity contribution in [2.24, 2.45) is 5.92 Å². The number of carboxylic acid groups (broad SMARTS) is 1. The number of aliphatic hydroxyl groups is 1. The van der Waals surface area contributed by atoms with E-state index in [2.05, 4.69) is 4.74 Å². The van der Waals surface area contributed by atoms with Crippen LogP contribution in [0.15, 0.2) is 24.3 Å². The quantitative estimate of drug-likeness (QED) is 0.596. The molecular weight excluding hydrogens is 188 g/mol. The average Bonchev–Trinajstić information content (AvgIpc) is 2.16. The fourth-order valence-electron chi connectivity index (χ4n) is 1.26. The van der Waals surface area contributed by atoms with E-state index >= 15 is 0 Å². The first-order valence-corrected chi connectivity index (χ1v) is 3.92. The number of allylic oxidation sites excluding steroid dienone is 2. The van der Waals surface area contributed by atoms with E-state index in [9.17, 15) is 14.7 Å². The summed E-state index contributed by atoms with van der Waals surface area (Å²) in [5, 5.41) is 18.5. The van der Waals surface area contributed by atoms with Gasteiger partial charge < -0.3 is 14.9 Å². The second-order valence-corrected chi connectivity index (χ2v) is 2.88. The van der Waals surface area contributed by atoms with Crippen LogP contribution in [0.25, 0.3) is 0 Å². The molecule has 1 aliphatic carbocycles. The number of aliphatic carboxylic acids is 1. The van der Waals surface area contributed by atoms with E-state index in [-0.39, 0.29) is 0 Å². The Labute approximate surface area is 80.3 Å². The summed E-state index contributed by atoms with van der Waals surface area (Å²) in [6.45, 7) is 0. The Hall–Kier alpha value is -1.62. The minimum atomic E-state index is -2.10. The Morgan fingerprint density at radius 3 is 2.57 bits per heavy atom. The minimum Gasteiger partial charge on any atom is -0.481 e. The Bertz CT molecular complexity index is 317. The number of hydrogen-bond acceptors (Lipinski definition) is 4. The molecule has 2 N–H and O–H groups in total. The van der Waals surface area contributed by atoms with Crippen LogP contribution >= 0.6 is 0 Å². The first-order valence-electron chi connectivity index (χ1n) is 3.92. The van der Waals surface area contributed by atoms with Gasteiger partial charge in [-0.1, -0.05) is 18.2 Å². The lowest BCUT2D eigenvalue weighted by molar-refractivity contribution is -0.168. The van der Waals surface area contributed by atoms with E-state index in [0.29, 0.717) is 0 Å². The molecule has 0 aromatic heterocycles. The van der Waals surface area contributed by atoms with Gasteiger partial charge in [0.05, 0.1) is 7.11 Å². The number of carbonyl (C=O) groups excluding carboxylic acids is 1. The summed E-state index contributed by atoms with van der Waals surface area (Å²) < 4.78 is 4.34. The third-order valence-corrected chi connectivity index (χ3v) is 2.02. The number of esters is 1. The van der Waals surface area contributed by atoms with Crippen LogP contribution < -0.4 is 0 Å². The zero-order valence-electron chi connectivity index (χ0n) is 7.51. The van der Waals surface area contributed by atoms with Crippen LogP contribution in [0.5, 0.6) is 0 Å². The number of carboxylic acids is 1. The van der Waals surface area contributed by atoms with Crippen LogP contribution in [0.4, 0.5) is 0 Å². The lowest BCUT2D eigenvalue weighted by Crippen LogP contribution is -2.48. The first kappa shape index (κ1) is 10.5. The summed E-state index contributed by atoms with van der Waals surface area (Å²) in [5.41, 5.74) is -2.10. The van der Waals surface area contributed by atoms with Crippen LogP contribution in [-0.2, 0) is 14.3 Å². The maximum atomic E-state index is 11.2. The molecule has 0 radical (unpaired) electrons. The molecule has 0 aromatic rings. The van der Waals surface area contributed by atoms with Gasteiger partial charge in [0, 0.05) is 0 Å². The molecule has 1 rings (SSSR count). The zero-order valence-corrected chi connectivity index (χ0v) is 7.51. The molecule has 76 valence electrons. The van der Waals surface area contributed by atoms with Gasteiger partial charge in [-0.15, -0.1) is 0 Å². The van der Waals surface area contributed by atoms with Gasteiger partial charge in [0.25, 0.3) is 0 Å². The van der Waals surface area contributed by atoms with Gasteiger partial charge in [-0.25, -0.2) is 4.79 Å². The standard InChI is InChI=1S/C9H10O5/c1-14-8(12)9(13)5-3-2-4-6(9)7(10)11/h2-6,13H,1H3,(H,10,11). The van der Waals surface area contributed by atoms with Crippen molar-refractivity contribution in [3.8, 4) is 0 Å². The molecule has 5 nitrogen and oxygen atoms in total. The second-order valence-electron chi connectivity index (χ2n) is 2.88. The van der Waals surface area contributed by atoms with Crippen molar-refractivity contribution in [3.63, 3.8) is 0 Å². The highest BCUT2D eigenvalue weighted by Gasteiger charge is 2.46. The monoisotopic (exact) mass is 198 g/mol. The Kier molecular flexibility index (Phi) is 2.71. The molecule has 0 spiro atoms. The van der Waals surface area contributed by atoms with Crippen molar-refractivity contribution in [1.29, 1.82) is 0 Å². The van der Waals surface area contributed by atoms with E-state index in [1.807, 2.05) is 0 Å². The first-order chi connectivity index (χ1) is 6.52. The van der Waals surface area contributed by atoms with E-state index in [4.69, 9.17) is 5.11 Å². The average molecular weight is 198 g/mol. The molecule has 0 heterocycles. The predicted molar refractivity (Wildman–Crippen MR) is 46.4 cm³/mol. The minimum absolute atomic E-state index is 0.981. The van der Waals surface area contributed by atoms with E-state index in [0.717, 1.165) is 13.2 Å². The highest BCUT2D eigenvalue weighted by Crippen LogP contribution is 2.26. The number of rotatable bonds is 2. The lowest BCUT2D eigenvalue weighted by Gasteiger charge is -2.27. The van der Waals surface area contributed by atoms with Crippen LogP contribution in [0.1, 0.15) is 0 Å². The number of methoxy groups -OCH3 is 1. The van der Waals surface area contributed by atoms with E-state index < -0.39 is 23.5 Å². The van der Waals surface area contributed by atoms with Gasteiger partial charge >= 0.3 is 11.9 Å². The van der Waals surface area contributed by atoms with Crippen LogP contribution in [-0.4, -0.2) is 34.9 Å². The van der Waals surface area contributed by atoms with Gasteiger partial charge in [0.1, 0.15) is 5.92 Å². The van der Waals surface area contributed by atoms with Crippen molar-refractivity contribution in [2.45, 2.75) is 5.60 Å². The summed E-state index contributed by atoms with van der Waals surface area (Å²) in [4.78, 5) is 21.9. The number of hydrogen-bond donors (Lipinski definition) is 2. The van der Waals surface area contributed by atoms with Crippen molar-refractivity contribution in [3.05, 3.63) is 24.3 Å². The Morgan fingerprint density at radius 2 is 2.07 bits per heavy atom. The molecule has 0 fully saturated rings. The summed E-state index contributed by atoms with van der Waals surface area (Å²) in [6.07, 6.45) is 5.20. The Morgan fingerprint density at radius 1 is 1.43 bits per heavy atom. The van der Waals surface area contributed by atoms with Crippen LogP contribution in [0.3, 0.4) is 0 Å². The van der Waals surface area contributed by atoms with E-state index in [1.165, 1.54) is 18.2 Å². The molecule has 2 unspecified atom stereocenters. The van der Waals surface area contributed by atoms with E-state index in [1.54, 1.807) is 0 Å². The van der Waals surface area contributed by atoms with Gasteiger partial charge in [-0.2, -0.15) is 0 Å². The third kappa shape index (κ3) is 1.54. The molecule has 0 bridgehead atoms. The van der Waals surface area contributed by atoms with Gasteiger partial charge in [0.2, 0.25) is 0 Å². The molecular formula is C9H10O5. The zero-order chi connectivity index (χ0) is 10.8. The maximum absolute atomic E-state index is 11.2. The summed E-state index contributed by atoms with van der Waals surface area (Å²) in [5.74, 6) is -3.57. The lowest BCUT2D eigenvalue weighted by atomic mass is 9.84. The number of ether oxygens (including phenoxy) is 1. The van der Waals surface area contributed by atoms with Crippen LogP contribution in [0.2, 0.25) is 0 Å². The van der Waals surface area contributed by atoms with Crippen molar-refractivity contribution >= 4 is 11.9 Å². The third-order valence-electron chi connectivity index (χ3n) is 2.02. The highest BCUT2D eigenvalue weighted by molar-refractivity contribution is 5.90. The summed E-state index contributed by atoms with van der Waals surface area (Å²) in [6, 6.07) is 0. The Balaban J connectivity index is 3.05. The van der Waals surface area contributed by atoms with Crippen molar-refractivity contribution in [1.82, 2.24) is 0 Å². The molecule has 14 heavy (non-hydrogen) atoms. The molecule has 0 saturated heterocycles. The second kappa shape index (κ2) is 3.63. The molecule has 0 aromatic carbocycles. The van der Waals surface area contributed by atoms with Crippen LogP contribution in [0, 0.1) is 5.92 Å².